The summed E-state index contributed by atoms with van der Waals surface area (Å²) in [7, 11) is 0. The summed E-state index contributed by atoms with van der Waals surface area (Å²) >= 11 is 0. The Kier molecular flexibility index (Phi) is 13.5. The molecular weight excluding hydrogens is 243 g/mol. The maximum Gasteiger partial charge on any atom is 1.00 e. The standard InChI is InChI=1S/C13H24O4.Na/c1-4-7-8-17-13(16)11(6-3)9-10(5-2)12(14)15;/h10-11H,4-9H2,1-3H3,(H,14,15);/q;+1/p-1. The van der Waals surface area contributed by atoms with Crippen LogP contribution in [0.4, 0.5) is 0 Å². The maximum atomic E-state index is 11.7. The van der Waals surface area contributed by atoms with Gasteiger partial charge in [0.15, 0.2) is 0 Å². The molecule has 0 aromatic rings. The normalized spacial score (nSPS) is 13.3. The number of esters is 1. The van der Waals surface area contributed by atoms with Gasteiger partial charge in [-0.2, -0.15) is 0 Å². The van der Waals surface area contributed by atoms with Crippen LogP contribution in [-0.4, -0.2) is 18.5 Å². The third-order valence-corrected chi connectivity index (χ3v) is 2.96. The average Bonchev–Trinajstić information content (AvgIpc) is 2.30. The van der Waals surface area contributed by atoms with Crippen molar-refractivity contribution in [2.45, 2.75) is 52.9 Å². The van der Waals surface area contributed by atoms with E-state index in [1.54, 1.807) is 6.92 Å². The number of ether oxygens (including phenoxy) is 1. The van der Waals surface area contributed by atoms with Crippen LogP contribution in [-0.2, 0) is 14.3 Å². The molecule has 0 amide bonds. The van der Waals surface area contributed by atoms with Crippen LogP contribution < -0.4 is 34.7 Å². The molecule has 18 heavy (non-hydrogen) atoms. The second-order valence-electron chi connectivity index (χ2n) is 4.29. The molecule has 0 radical (unpaired) electrons. The largest absolute Gasteiger partial charge is 1.00 e. The van der Waals surface area contributed by atoms with Gasteiger partial charge in [-0.3, -0.25) is 4.79 Å². The molecule has 100 valence electrons. The van der Waals surface area contributed by atoms with Crippen molar-refractivity contribution in [2.75, 3.05) is 6.61 Å². The molecule has 2 atom stereocenters. The Morgan fingerprint density at radius 3 is 2.06 bits per heavy atom. The van der Waals surface area contributed by atoms with Gasteiger partial charge in [-0.25, -0.2) is 0 Å². The molecule has 0 rings (SSSR count). The van der Waals surface area contributed by atoms with E-state index in [1.807, 2.05) is 13.8 Å². The summed E-state index contributed by atoms with van der Waals surface area (Å²) in [6.07, 6.45) is 3.23. The van der Waals surface area contributed by atoms with E-state index in [0.29, 0.717) is 25.9 Å². The fourth-order valence-electron chi connectivity index (χ4n) is 1.64. The van der Waals surface area contributed by atoms with Crippen molar-refractivity contribution in [3.05, 3.63) is 0 Å². The van der Waals surface area contributed by atoms with Crippen LogP contribution in [0.3, 0.4) is 0 Å². The van der Waals surface area contributed by atoms with Crippen molar-refractivity contribution < 1.29 is 49.0 Å². The Hall–Kier alpha value is -0.0600. The maximum absolute atomic E-state index is 11.7. The Labute approximate surface area is 132 Å². The monoisotopic (exact) mass is 266 g/mol. The Bertz CT molecular complexity index is 243. The third-order valence-electron chi connectivity index (χ3n) is 2.96. The molecule has 0 aliphatic rings. The van der Waals surface area contributed by atoms with E-state index in [2.05, 4.69) is 0 Å². The Balaban J connectivity index is 0. The van der Waals surface area contributed by atoms with Crippen molar-refractivity contribution in [3.8, 4) is 0 Å². The van der Waals surface area contributed by atoms with Gasteiger partial charge in [-0.05, 0) is 31.6 Å². The SMILES string of the molecule is CCCCOC(=O)C(CC)CC(CC)C(=O)[O-].[Na+]. The van der Waals surface area contributed by atoms with E-state index in [0.717, 1.165) is 12.8 Å². The number of hydrogen-bond donors (Lipinski definition) is 0. The summed E-state index contributed by atoms with van der Waals surface area (Å²) in [5.74, 6) is -2.23. The molecule has 0 fully saturated rings. The molecule has 4 nitrogen and oxygen atoms in total. The number of hydrogen-bond acceptors (Lipinski definition) is 4. The van der Waals surface area contributed by atoms with E-state index in [-0.39, 0.29) is 41.4 Å². The van der Waals surface area contributed by atoms with Gasteiger partial charge >= 0.3 is 35.5 Å². The fraction of sp³-hybridized carbons (Fsp3) is 0.846. The molecule has 5 heteroatoms. The van der Waals surface area contributed by atoms with Crippen molar-refractivity contribution in [2.24, 2.45) is 11.8 Å². The van der Waals surface area contributed by atoms with Gasteiger partial charge in [0.05, 0.1) is 12.5 Å². The van der Waals surface area contributed by atoms with Crippen LogP contribution in [0.2, 0.25) is 0 Å². The van der Waals surface area contributed by atoms with Gasteiger partial charge in [0.2, 0.25) is 0 Å². The zero-order valence-electron chi connectivity index (χ0n) is 12.0. The van der Waals surface area contributed by atoms with Crippen LogP contribution in [0.25, 0.3) is 0 Å². The first-order valence-corrected chi connectivity index (χ1v) is 6.44. The predicted molar refractivity (Wildman–Crippen MR) is 63.1 cm³/mol. The fourth-order valence-corrected chi connectivity index (χ4v) is 1.64. The summed E-state index contributed by atoms with van der Waals surface area (Å²) < 4.78 is 5.11. The van der Waals surface area contributed by atoms with Crippen molar-refractivity contribution in [3.63, 3.8) is 0 Å². The minimum absolute atomic E-state index is 0. The smallest absolute Gasteiger partial charge is 0.550 e. The first-order chi connectivity index (χ1) is 8.06. The number of carbonyl (C=O) groups is 2. The summed E-state index contributed by atoms with van der Waals surface area (Å²) in [6, 6.07) is 0. The third kappa shape index (κ3) is 8.11. The summed E-state index contributed by atoms with van der Waals surface area (Å²) in [6.45, 7) is 6.10. The van der Waals surface area contributed by atoms with Crippen molar-refractivity contribution in [1.82, 2.24) is 0 Å². The minimum Gasteiger partial charge on any atom is -0.550 e. The van der Waals surface area contributed by atoms with E-state index < -0.39 is 11.9 Å². The first kappa shape index (κ1) is 20.3. The number of unbranched alkanes of at least 4 members (excludes halogenated alkanes) is 1. The molecule has 0 heterocycles. The Morgan fingerprint density at radius 2 is 1.67 bits per heavy atom. The second kappa shape index (κ2) is 12.0. The summed E-state index contributed by atoms with van der Waals surface area (Å²) in [5.41, 5.74) is 0. The number of carboxylic acids is 1. The van der Waals surface area contributed by atoms with Gasteiger partial charge in [0.25, 0.3) is 0 Å². The van der Waals surface area contributed by atoms with Gasteiger partial charge in [0.1, 0.15) is 0 Å². The molecule has 0 aromatic carbocycles. The van der Waals surface area contributed by atoms with Gasteiger partial charge in [0, 0.05) is 5.97 Å². The molecule has 2 unspecified atom stereocenters. The van der Waals surface area contributed by atoms with Crippen LogP contribution in [0.1, 0.15) is 52.9 Å². The van der Waals surface area contributed by atoms with E-state index in [4.69, 9.17) is 4.74 Å². The molecule has 0 bridgehead atoms. The minimum atomic E-state index is -1.08. The van der Waals surface area contributed by atoms with Crippen LogP contribution in [0.15, 0.2) is 0 Å². The van der Waals surface area contributed by atoms with Crippen LogP contribution in [0, 0.1) is 11.8 Å². The van der Waals surface area contributed by atoms with Gasteiger partial charge in [-0.1, -0.05) is 27.2 Å². The molecule has 0 aromatic heterocycles. The molecule has 0 spiro atoms. The summed E-state index contributed by atoms with van der Waals surface area (Å²) in [4.78, 5) is 22.5. The first-order valence-electron chi connectivity index (χ1n) is 6.44. The number of carbonyl (C=O) groups excluding carboxylic acids is 2. The molecule has 0 saturated heterocycles. The van der Waals surface area contributed by atoms with E-state index in [1.165, 1.54) is 0 Å². The number of carboxylic acid groups (broad SMARTS) is 1. The summed E-state index contributed by atoms with van der Waals surface area (Å²) in [5, 5.41) is 10.8. The molecule has 0 N–H and O–H groups in total. The quantitative estimate of drug-likeness (QED) is 0.290. The molecule has 0 aliphatic heterocycles. The predicted octanol–water partition coefficient (Wildman–Crippen LogP) is -1.47. The van der Waals surface area contributed by atoms with Crippen molar-refractivity contribution >= 4 is 11.9 Å². The van der Waals surface area contributed by atoms with Gasteiger partial charge < -0.3 is 14.6 Å². The van der Waals surface area contributed by atoms with E-state index in [9.17, 15) is 14.7 Å². The topological polar surface area (TPSA) is 66.4 Å². The Morgan fingerprint density at radius 1 is 1.11 bits per heavy atom. The molecular formula is C13H23NaO4. The second-order valence-corrected chi connectivity index (χ2v) is 4.29. The number of aliphatic carboxylic acids is 1. The average molecular weight is 266 g/mol. The zero-order valence-corrected chi connectivity index (χ0v) is 14.0. The van der Waals surface area contributed by atoms with Crippen LogP contribution in [0.5, 0.6) is 0 Å². The van der Waals surface area contributed by atoms with E-state index >= 15 is 0 Å². The van der Waals surface area contributed by atoms with Crippen LogP contribution >= 0.6 is 0 Å². The van der Waals surface area contributed by atoms with Crippen molar-refractivity contribution in [1.29, 1.82) is 0 Å². The molecule has 0 aliphatic carbocycles. The van der Waals surface area contributed by atoms with Gasteiger partial charge in [-0.15, -0.1) is 0 Å². The molecule has 0 saturated carbocycles. The number of rotatable bonds is 9. The zero-order chi connectivity index (χ0) is 13.3.